The molecular weight excluding hydrogens is 252 g/mol. The molecule has 0 aliphatic carbocycles. The van der Waals surface area contributed by atoms with Crippen molar-refractivity contribution in [3.63, 3.8) is 0 Å². The lowest BCUT2D eigenvalue weighted by Gasteiger charge is -2.24. The number of hydrogen-bond acceptors (Lipinski definition) is 3. The SMILES string of the molecule is CCCC(C)(O)CNCC(O)c1ccc(F)cc1F. The Balaban J connectivity index is 2.49. The Hall–Kier alpha value is -1.04. The third kappa shape index (κ3) is 5.22. The van der Waals surface area contributed by atoms with Gasteiger partial charge in [0.1, 0.15) is 11.6 Å². The molecule has 0 spiro atoms. The van der Waals surface area contributed by atoms with Crippen molar-refractivity contribution < 1.29 is 19.0 Å². The highest BCUT2D eigenvalue weighted by Gasteiger charge is 2.20. The van der Waals surface area contributed by atoms with Crippen LogP contribution in [0.4, 0.5) is 8.78 Å². The monoisotopic (exact) mass is 273 g/mol. The summed E-state index contributed by atoms with van der Waals surface area (Å²) in [6.45, 7) is 4.08. The summed E-state index contributed by atoms with van der Waals surface area (Å²) >= 11 is 0. The molecule has 0 aliphatic rings. The molecule has 0 heterocycles. The number of halogens is 2. The van der Waals surface area contributed by atoms with Gasteiger partial charge in [0.2, 0.25) is 0 Å². The van der Waals surface area contributed by atoms with E-state index < -0.39 is 23.3 Å². The number of rotatable bonds is 7. The minimum absolute atomic E-state index is 0.0454. The molecule has 3 N–H and O–H groups in total. The summed E-state index contributed by atoms with van der Waals surface area (Å²) in [7, 11) is 0. The summed E-state index contributed by atoms with van der Waals surface area (Å²) in [6.07, 6.45) is 0.420. The van der Waals surface area contributed by atoms with Gasteiger partial charge >= 0.3 is 0 Å². The summed E-state index contributed by atoms with van der Waals surface area (Å²) < 4.78 is 26.1. The topological polar surface area (TPSA) is 52.5 Å². The lowest BCUT2D eigenvalue weighted by Crippen LogP contribution is -2.39. The third-order valence-corrected chi connectivity index (χ3v) is 2.95. The maximum atomic E-state index is 13.4. The van der Waals surface area contributed by atoms with E-state index in [2.05, 4.69) is 5.32 Å². The van der Waals surface area contributed by atoms with Crippen LogP contribution >= 0.6 is 0 Å². The first-order valence-electron chi connectivity index (χ1n) is 6.42. The summed E-state index contributed by atoms with van der Waals surface area (Å²) in [5, 5.41) is 22.6. The lowest BCUT2D eigenvalue weighted by molar-refractivity contribution is 0.0460. The van der Waals surface area contributed by atoms with Crippen LogP contribution in [-0.4, -0.2) is 28.9 Å². The van der Waals surface area contributed by atoms with Gasteiger partial charge in [0.05, 0.1) is 11.7 Å². The van der Waals surface area contributed by atoms with Crippen molar-refractivity contribution >= 4 is 0 Å². The summed E-state index contributed by atoms with van der Waals surface area (Å²) in [5.41, 5.74) is -0.806. The van der Waals surface area contributed by atoms with E-state index in [4.69, 9.17) is 0 Å². The molecule has 0 bridgehead atoms. The van der Waals surface area contributed by atoms with Crippen LogP contribution in [0.15, 0.2) is 18.2 Å². The zero-order valence-corrected chi connectivity index (χ0v) is 11.3. The second-order valence-corrected chi connectivity index (χ2v) is 5.06. The molecule has 0 saturated carbocycles. The zero-order chi connectivity index (χ0) is 14.5. The standard InChI is InChI=1S/C14H21F2NO2/c1-3-6-14(2,19)9-17-8-13(18)11-5-4-10(15)7-12(11)16/h4-5,7,13,17-19H,3,6,8-9H2,1-2H3. The molecular formula is C14H21F2NO2. The van der Waals surface area contributed by atoms with Gasteiger partial charge in [-0.1, -0.05) is 19.4 Å². The van der Waals surface area contributed by atoms with E-state index in [1.54, 1.807) is 6.92 Å². The van der Waals surface area contributed by atoms with Crippen molar-refractivity contribution in [1.82, 2.24) is 5.32 Å². The molecule has 0 amide bonds. The van der Waals surface area contributed by atoms with Crippen LogP contribution in [-0.2, 0) is 0 Å². The van der Waals surface area contributed by atoms with Gasteiger partial charge in [-0.05, 0) is 19.4 Å². The van der Waals surface area contributed by atoms with Crippen molar-refractivity contribution in [3.05, 3.63) is 35.4 Å². The molecule has 19 heavy (non-hydrogen) atoms. The smallest absolute Gasteiger partial charge is 0.131 e. The second kappa shape index (κ2) is 6.93. The first-order valence-corrected chi connectivity index (χ1v) is 6.42. The van der Waals surface area contributed by atoms with Crippen molar-refractivity contribution in [2.24, 2.45) is 0 Å². The molecule has 1 aromatic carbocycles. The molecule has 0 radical (unpaired) electrons. The van der Waals surface area contributed by atoms with Gasteiger partial charge in [0, 0.05) is 24.7 Å². The highest BCUT2D eigenvalue weighted by molar-refractivity contribution is 5.21. The minimum Gasteiger partial charge on any atom is -0.389 e. The fraction of sp³-hybridized carbons (Fsp3) is 0.571. The number of benzene rings is 1. The molecule has 5 heteroatoms. The molecule has 108 valence electrons. The van der Waals surface area contributed by atoms with Crippen molar-refractivity contribution in [1.29, 1.82) is 0 Å². The Labute approximate surface area is 112 Å². The number of aliphatic hydroxyl groups excluding tert-OH is 1. The summed E-state index contributed by atoms with van der Waals surface area (Å²) in [6, 6.07) is 3.07. The molecule has 1 rings (SSSR count). The van der Waals surface area contributed by atoms with E-state index in [1.165, 1.54) is 6.07 Å². The first kappa shape index (κ1) is 16.0. The predicted octanol–water partition coefficient (Wildman–Crippen LogP) is 2.14. The van der Waals surface area contributed by atoms with Gasteiger partial charge < -0.3 is 15.5 Å². The maximum absolute atomic E-state index is 13.4. The fourth-order valence-electron chi connectivity index (χ4n) is 1.99. The highest BCUT2D eigenvalue weighted by Crippen LogP contribution is 2.18. The Kier molecular flexibility index (Phi) is 5.85. The predicted molar refractivity (Wildman–Crippen MR) is 69.7 cm³/mol. The van der Waals surface area contributed by atoms with Crippen LogP contribution in [0.25, 0.3) is 0 Å². The Morgan fingerprint density at radius 3 is 2.63 bits per heavy atom. The summed E-state index contributed by atoms with van der Waals surface area (Å²) in [4.78, 5) is 0. The van der Waals surface area contributed by atoms with Gasteiger partial charge in [0.15, 0.2) is 0 Å². The van der Waals surface area contributed by atoms with Crippen molar-refractivity contribution in [3.8, 4) is 0 Å². The van der Waals surface area contributed by atoms with E-state index in [0.29, 0.717) is 13.0 Å². The van der Waals surface area contributed by atoms with Crippen molar-refractivity contribution in [2.75, 3.05) is 13.1 Å². The van der Waals surface area contributed by atoms with Crippen LogP contribution in [0.5, 0.6) is 0 Å². The van der Waals surface area contributed by atoms with E-state index in [-0.39, 0.29) is 12.1 Å². The third-order valence-electron chi connectivity index (χ3n) is 2.95. The Morgan fingerprint density at radius 2 is 2.05 bits per heavy atom. The van der Waals surface area contributed by atoms with Gasteiger partial charge in [0.25, 0.3) is 0 Å². The van der Waals surface area contributed by atoms with Gasteiger partial charge in [-0.2, -0.15) is 0 Å². The molecule has 0 fully saturated rings. The van der Waals surface area contributed by atoms with Gasteiger partial charge in [-0.3, -0.25) is 0 Å². The Morgan fingerprint density at radius 1 is 1.37 bits per heavy atom. The maximum Gasteiger partial charge on any atom is 0.131 e. The van der Waals surface area contributed by atoms with E-state index >= 15 is 0 Å². The van der Waals surface area contributed by atoms with E-state index in [1.807, 2.05) is 6.92 Å². The molecule has 0 saturated heterocycles. The largest absolute Gasteiger partial charge is 0.389 e. The zero-order valence-electron chi connectivity index (χ0n) is 11.3. The quantitative estimate of drug-likeness (QED) is 0.713. The molecule has 1 aromatic rings. The summed E-state index contributed by atoms with van der Waals surface area (Å²) in [5.74, 6) is -1.44. The van der Waals surface area contributed by atoms with Crippen molar-refractivity contribution in [2.45, 2.75) is 38.4 Å². The molecule has 0 aliphatic heterocycles. The molecule has 0 aromatic heterocycles. The van der Waals surface area contributed by atoms with Gasteiger partial charge in [-0.15, -0.1) is 0 Å². The Bertz CT molecular complexity index is 410. The average Bonchev–Trinajstić information content (AvgIpc) is 2.28. The molecule has 3 nitrogen and oxygen atoms in total. The van der Waals surface area contributed by atoms with E-state index in [9.17, 15) is 19.0 Å². The van der Waals surface area contributed by atoms with Crippen LogP contribution < -0.4 is 5.32 Å². The normalized spacial score (nSPS) is 16.1. The van der Waals surface area contributed by atoms with E-state index in [0.717, 1.165) is 18.6 Å². The first-order chi connectivity index (χ1) is 8.85. The molecule has 2 atom stereocenters. The van der Waals surface area contributed by atoms with Crippen LogP contribution in [0.2, 0.25) is 0 Å². The number of hydrogen-bond donors (Lipinski definition) is 3. The average molecular weight is 273 g/mol. The number of nitrogens with one attached hydrogen (secondary N) is 1. The highest BCUT2D eigenvalue weighted by atomic mass is 19.1. The number of aliphatic hydroxyl groups is 2. The fourth-order valence-corrected chi connectivity index (χ4v) is 1.99. The van der Waals surface area contributed by atoms with Gasteiger partial charge in [-0.25, -0.2) is 8.78 Å². The molecule has 2 unspecified atom stereocenters. The van der Waals surface area contributed by atoms with Crippen LogP contribution in [0, 0.1) is 11.6 Å². The lowest BCUT2D eigenvalue weighted by atomic mass is 10.0. The van der Waals surface area contributed by atoms with Crippen LogP contribution in [0.3, 0.4) is 0 Å². The minimum atomic E-state index is -1.07. The van der Waals surface area contributed by atoms with Crippen LogP contribution in [0.1, 0.15) is 38.4 Å². The second-order valence-electron chi connectivity index (χ2n) is 5.06.